The van der Waals surface area contributed by atoms with Crippen LogP contribution in [0.2, 0.25) is 0 Å². The van der Waals surface area contributed by atoms with Crippen LogP contribution < -0.4 is 10.1 Å². The Labute approximate surface area is 122 Å². The van der Waals surface area contributed by atoms with E-state index in [9.17, 15) is 18.5 Å². The fourth-order valence-electron chi connectivity index (χ4n) is 2.28. The monoisotopic (exact) mass is 315 g/mol. The lowest BCUT2D eigenvalue weighted by Gasteiger charge is -2.23. The number of methoxy groups -OCH3 is 1. The molecule has 0 bridgehead atoms. The average molecular weight is 315 g/mol. The van der Waals surface area contributed by atoms with Gasteiger partial charge in [-0.3, -0.25) is 10.1 Å². The van der Waals surface area contributed by atoms with Gasteiger partial charge in [-0.15, -0.1) is 0 Å². The SMILES string of the molecule is COc1ccc([N+](=O)[O-])cc1S(=O)(=O)N(C)C1CCNC1. The highest BCUT2D eigenvalue weighted by Crippen LogP contribution is 2.31. The zero-order chi connectivity index (χ0) is 15.6. The number of benzene rings is 1. The summed E-state index contributed by atoms with van der Waals surface area (Å²) in [6, 6.07) is 3.38. The van der Waals surface area contributed by atoms with E-state index in [-0.39, 0.29) is 22.4 Å². The number of hydrogen-bond donors (Lipinski definition) is 1. The number of nitrogens with one attached hydrogen (secondary N) is 1. The van der Waals surface area contributed by atoms with Crippen molar-refractivity contribution in [2.24, 2.45) is 0 Å². The first kappa shape index (κ1) is 15.7. The summed E-state index contributed by atoms with van der Waals surface area (Å²) >= 11 is 0. The number of nitro groups is 1. The normalized spacial score (nSPS) is 18.9. The fourth-order valence-corrected chi connectivity index (χ4v) is 3.84. The number of nitrogens with zero attached hydrogens (tertiary/aromatic N) is 2. The molecule has 1 saturated heterocycles. The van der Waals surface area contributed by atoms with Crippen molar-refractivity contribution >= 4 is 15.7 Å². The number of sulfonamides is 1. The van der Waals surface area contributed by atoms with E-state index in [2.05, 4.69) is 5.32 Å². The van der Waals surface area contributed by atoms with Gasteiger partial charge in [0.15, 0.2) is 0 Å². The van der Waals surface area contributed by atoms with Crippen LogP contribution in [0.4, 0.5) is 5.69 Å². The summed E-state index contributed by atoms with van der Waals surface area (Å²) < 4.78 is 31.6. The minimum atomic E-state index is -3.86. The lowest BCUT2D eigenvalue weighted by atomic mass is 10.3. The molecule has 0 radical (unpaired) electrons. The Morgan fingerprint density at radius 2 is 2.19 bits per heavy atom. The molecule has 8 nitrogen and oxygen atoms in total. The first-order valence-corrected chi connectivity index (χ1v) is 7.83. The molecule has 1 heterocycles. The zero-order valence-electron chi connectivity index (χ0n) is 11.8. The summed E-state index contributed by atoms with van der Waals surface area (Å²) in [7, 11) is -1.05. The van der Waals surface area contributed by atoms with E-state index in [0.29, 0.717) is 13.0 Å². The van der Waals surface area contributed by atoms with Gasteiger partial charge in [-0.25, -0.2) is 8.42 Å². The maximum absolute atomic E-state index is 12.7. The lowest BCUT2D eigenvalue weighted by Crippen LogP contribution is -2.38. The minimum absolute atomic E-state index is 0.0957. The van der Waals surface area contributed by atoms with Crippen molar-refractivity contribution in [3.05, 3.63) is 28.3 Å². The molecule has 1 N–H and O–H groups in total. The smallest absolute Gasteiger partial charge is 0.271 e. The largest absolute Gasteiger partial charge is 0.495 e. The van der Waals surface area contributed by atoms with Crippen LogP contribution in [0.15, 0.2) is 23.1 Å². The van der Waals surface area contributed by atoms with E-state index in [1.807, 2.05) is 0 Å². The highest BCUT2D eigenvalue weighted by Gasteiger charge is 2.33. The molecule has 1 fully saturated rings. The quantitative estimate of drug-likeness (QED) is 0.630. The lowest BCUT2D eigenvalue weighted by molar-refractivity contribution is -0.385. The van der Waals surface area contributed by atoms with Gasteiger partial charge in [-0.1, -0.05) is 0 Å². The third kappa shape index (κ3) is 2.99. The minimum Gasteiger partial charge on any atom is -0.495 e. The Hall–Kier alpha value is -1.71. The van der Waals surface area contributed by atoms with Gasteiger partial charge in [-0.2, -0.15) is 4.31 Å². The van der Waals surface area contributed by atoms with E-state index < -0.39 is 14.9 Å². The standard InChI is InChI=1S/C12H17N3O5S/c1-14(10-5-6-13-8-10)21(18,19)12-7-9(15(16)17)3-4-11(12)20-2/h3-4,7,10,13H,5-6,8H2,1-2H3. The summed E-state index contributed by atoms with van der Waals surface area (Å²) in [6.45, 7) is 1.31. The molecule has 1 aliphatic heterocycles. The van der Waals surface area contributed by atoms with E-state index >= 15 is 0 Å². The molecule has 2 rings (SSSR count). The second-order valence-corrected chi connectivity index (χ2v) is 6.73. The molecule has 1 aromatic rings. The van der Waals surface area contributed by atoms with Crippen molar-refractivity contribution in [3.63, 3.8) is 0 Å². The molecular weight excluding hydrogens is 298 g/mol. The molecule has 116 valence electrons. The van der Waals surface area contributed by atoms with Crippen molar-refractivity contribution in [1.82, 2.24) is 9.62 Å². The van der Waals surface area contributed by atoms with Crippen LogP contribution in [0.3, 0.4) is 0 Å². The second kappa shape index (κ2) is 5.96. The van der Waals surface area contributed by atoms with Crippen LogP contribution in [0.5, 0.6) is 5.75 Å². The molecule has 1 aromatic carbocycles. The van der Waals surface area contributed by atoms with Crippen molar-refractivity contribution < 1.29 is 18.1 Å². The van der Waals surface area contributed by atoms with E-state index in [4.69, 9.17) is 4.74 Å². The van der Waals surface area contributed by atoms with Gasteiger partial charge in [0.25, 0.3) is 5.69 Å². The maximum atomic E-state index is 12.7. The summed E-state index contributed by atoms with van der Waals surface area (Å²) in [4.78, 5) is 10.0. The molecule has 21 heavy (non-hydrogen) atoms. The van der Waals surface area contributed by atoms with Crippen molar-refractivity contribution in [2.45, 2.75) is 17.4 Å². The molecular formula is C12H17N3O5S. The first-order chi connectivity index (χ1) is 9.87. The molecule has 0 amide bonds. The molecule has 9 heteroatoms. The summed E-state index contributed by atoms with van der Waals surface area (Å²) in [6.07, 6.45) is 0.701. The Morgan fingerprint density at radius 3 is 2.71 bits per heavy atom. The number of likely N-dealkylation sites (N-methyl/N-ethyl adjacent to an activating group) is 1. The number of hydrogen-bond acceptors (Lipinski definition) is 6. The van der Waals surface area contributed by atoms with Crippen molar-refractivity contribution in [1.29, 1.82) is 0 Å². The molecule has 1 unspecified atom stereocenters. The van der Waals surface area contributed by atoms with Crippen LogP contribution in [0.25, 0.3) is 0 Å². The van der Waals surface area contributed by atoms with Crippen LogP contribution in [0.1, 0.15) is 6.42 Å². The Kier molecular flexibility index (Phi) is 4.45. The summed E-state index contributed by atoms with van der Waals surface area (Å²) in [5.74, 6) is 0.0957. The van der Waals surface area contributed by atoms with Crippen molar-refractivity contribution in [3.8, 4) is 5.75 Å². The molecule has 0 aromatic heterocycles. The Bertz CT molecular complexity index is 640. The Morgan fingerprint density at radius 1 is 1.48 bits per heavy atom. The molecule has 1 atom stereocenters. The third-order valence-corrected chi connectivity index (χ3v) is 5.49. The number of non-ortho nitro benzene ring substituents is 1. The highest BCUT2D eigenvalue weighted by atomic mass is 32.2. The maximum Gasteiger partial charge on any atom is 0.271 e. The van der Waals surface area contributed by atoms with Gasteiger partial charge in [0.2, 0.25) is 10.0 Å². The van der Waals surface area contributed by atoms with Crippen LogP contribution in [0, 0.1) is 10.1 Å². The highest BCUT2D eigenvalue weighted by molar-refractivity contribution is 7.89. The van der Waals surface area contributed by atoms with Gasteiger partial charge < -0.3 is 10.1 Å². The number of rotatable bonds is 5. The molecule has 1 aliphatic rings. The van der Waals surface area contributed by atoms with Gasteiger partial charge in [0.05, 0.1) is 12.0 Å². The average Bonchev–Trinajstić information content (AvgIpc) is 2.99. The Balaban J connectivity index is 2.46. The topological polar surface area (TPSA) is 102 Å². The van der Waals surface area contributed by atoms with Gasteiger partial charge in [0.1, 0.15) is 10.6 Å². The second-order valence-electron chi connectivity index (χ2n) is 4.76. The predicted molar refractivity (Wildman–Crippen MR) is 75.9 cm³/mol. The first-order valence-electron chi connectivity index (χ1n) is 6.39. The van der Waals surface area contributed by atoms with Gasteiger partial charge in [0, 0.05) is 31.8 Å². The predicted octanol–water partition coefficient (Wildman–Crippen LogP) is 0.586. The molecule has 0 aliphatic carbocycles. The molecule has 0 saturated carbocycles. The van der Waals surface area contributed by atoms with E-state index in [0.717, 1.165) is 12.6 Å². The van der Waals surface area contributed by atoms with Crippen LogP contribution >= 0.6 is 0 Å². The van der Waals surface area contributed by atoms with Gasteiger partial charge >= 0.3 is 0 Å². The number of nitro benzene ring substituents is 1. The van der Waals surface area contributed by atoms with E-state index in [1.165, 1.54) is 30.6 Å². The zero-order valence-corrected chi connectivity index (χ0v) is 12.6. The molecule has 0 spiro atoms. The number of ether oxygens (including phenoxy) is 1. The fraction of sp³-hybridized carbons (Fsp3) is 0.500. The summed E-state index contributed by atoms with van der Waals surface area (Å²) in [5, 5.41) is 13.9. The summed E-state index contributed by atoms with van der Waals surface area (Å²) in [5.41, 5.74) is -0.285. The van der Waals surface area contributed by atoms with E-state index in [1.54, 1.807) is 0 Å². The van der Waals surface area contributed by atoms with Crippen molar-refractivity contribution in [2.75, 3.05) is 27.2 Å². The van der Waals surface area contributed by atoms with Crippen LogP contribution in [-0.2, 0) is 10.0 Å². The van der Waals surface area contributed by atoms with Gasteiger partial charge in [-0.05, 0) is 19.0 Å². The van der Waals surface area contributed by atoms with Crippen LogP contribution in [-0.4, -0.2) is 50.9 Å². The third-order valence-electron chi connectivity index (χ3n) is 3.56.